The lowest BCUT2D eigenvalue weighted by atomic mass is 9.88. The Kier molecular flexibility index (Phi) is 12.7. The molecule has 1 aliphatic rings. The summed E-state index contributed by atoms with van der Waals surface area (Å²) in [6.07, 6.45) is 4.35. The molecule has 1 aliphatic heterocycles. The lowest BCUT2D eigenvalue weighted by Gasteiger charge is -2.28. The first-order chi connectivity index (χ1) is 12.7. The summed E-state index contributed by atoms with van der Waals surface area (Å²) in [7, 11) is 1.69. The first-order valence-corrected chi connectivity index (χ1v) is 10.3. The smallest absolute Gasteiger partial charge is 0.118 e. The molecule has 1 N–H and O–H groups in total. The number of nitrogens with zero attached hydrogens (tertiary/aromatic N) is 1. The minimum atomic E-state index is -0.106. The number of aliphatic hydroxyl groups is 1. The molecule has 0 saturated carbocycles. The van der Waals surface area contributed by atoms with Crippen molar-refractivity contribution in [1.29, 1.82) is 0 Å². The number of hydrogen-bond donors (Lipinski definition) is 1. The van der Waals surface area contributed by atoms with Crippen molar-refractivity contribution in [3.63, 3.8) is 0 Å². The highest BCUT2D eigenvalue weighted by Gasteiger charge is 2.26. The van der Waals surface area contributed by atoms with Crippen LogP contribution in [0.4, 0.5) is 0 Å². The summed E-state index contributed by atoms with van der Waals surface area (Å²) in [5, 5.41) is 9.19. The number of likely N-dealkylation sites (tertiary alicyclic amines) is 1. The van der Waals surface area contributed by atoms with Crippen LogP contribution in [0.2, 0.25) is 0 Å². The molecule has 1 aromatic carbocycles. The third kappa shape index (κ3) is 10.4. The molecule has 164 valence electrons. The Morgan fingerprint density at radius 2 is 1.79 bits per heavy atom. The van der Waals surface area contributed by atoms with E-state index < -0.39 is 0 Å². The quantitative estimate of drug-likeness (QED) is 0.627. The normalized spacial score (nSPS) is 18.2. The molecule has 0 aromatic heterocycles. The van der Waals surface area contributed by atoms with Crippen LogP contribution < -0.4 is 4.74 Å². The first kappa shape index (κ1) is 26.9. The van der Waals surface area contributed by atoms with Gasteiger partial charge in [0.15, 0.2) is 0 Å². The summed E-state index contributed by atoms with van der Waals surface area (Å²) in [5.74, 6) is 0.892. The zero-order chi connectivity index (χ0) is 20.4. The van der Waals surface area contributed by atoms with E-state index in [2.05, 4.69) is 51.7 Å². The van der Waals surface area contributed by atoms with Crippen molar-refractivity contribution in [2.75, 3.05) is 13.7 Å². The van der Waals surface area contributed by atoms with Gasteiger partial charge >= 0.3 is 0 Å². The maximum atomic E-state index is 9.19. The first-order valence-electron chi connectivity index (χ1n) is 10.3. The van der Waals surface area contributed by atoms with Crippen molar-refractivity contribution < 1.29 is 14.6 Å². The topological polar surface area (TPSA) is 41.9 Å². The lowest BCUT2D eigenvalue weighted by molar-refractivity contribution is -0.0573. The molecule has 2 rings (SSSR count). The molecule has 4 nitrogen and oxygen atoms in total. The molecule has 0 radical (unpaired) electrons. The fourth-order valence-corrected chi connectivity index (χ4v) is 3.29. The number of benzene rings is 1. The van der Waals surface area contributed by atoms with Gasteiger partial charge in [-0.25, -0.2) is 0 Å². The highest BCUT2D eigenvalue weighted by Crippen LogP contribution is 2.23. The number of ether oxygens (including phenoxy) is 2. The summed E-state index contributed by atoms with van der Waals surface area (Å²) in [6, 6.07) is 8.65. The predicted molar refractivity (Wildman–Crippen MR) is 120 cm³/mol. The van der Waals surface area contributed by atoms with Gasteiger partial charge in [0.2, 0.25) is 0 Å². The van der Waals surface area contributed by atoms with Crippen LogP contribution in [0.5, 0.6) is 5.75 Å². The fraction of sp³-hybridized carbons (Fsp3) is 0.750. The summed E-state index contributed by atoms with van der Waals surface area (Å²) >= 11 is 0. The van der Waals surface area contributed by atoms with E-state index in [4.69, 9.17) is 9.47 Å². The highest BCUT2D eigenvalue weighted by atomic mass is 16.5. The van der Waals surface area contributed by atoms with E-state index in [-0.39, 0.29) is 25.2 Å². The third-order valence-electron chi connectivity index (χ3n) is 4.82. The molecule has 0 bridgehead atoms. The fourth-order valence-electron chi connectivity index (χ4n) is 3.29. The predicted octanol–water partition coefficient (Wildman–Crippen LogP) is 5.87. The maximum Gasteiger partial charge on any atom is 0.118 e. The van der Waals surface area contributed by atoms with Crippen molar-refractivity contribution in [1.82, 2.24) is 4.90 Å². The Morgan fingerprint density at radius 1 is 1.18 bits per heavy atom. The van der Waals surface area contributed by atoms with Crippen LogP contribution in [0.3, 0.4) is 0 Å². The molecule has 0 amide bonds. The van der Waals surface area contributed by atoms with Crippen molar-refractivity contribution in [2.45, 2.75) is 99.6 Å². The monoisotopic (exact) mass is 395 g/mol. The summed E-state index contributed by atoms with van der Waals surface area (Å²) < 4.78 is 11.2. The molecular formula is C24H45NO3. The average Bonchev–Trinajstić information content (AvgIpc) is 3.08. The second-order valence-electron chi connectivity index (χ2n) is 8.91. The van der Waals surface area contributed by atoms with Gasteiger partial charge in [-0.2, -0.15) is 0 Å². The largest absolute Gasteiger partial charge is 0.497 e. The number of aliphatic hydroxyl groups excluding tert-OH is 1. The number of methoxy groups -OCH3 is 1. The van der Waals surface area contributed by atoms with E-state index >= 15 is 0 Å². The molecule has 1 heterocycles. The zero-order valence-electron chi connectivity index (χ0n) is 18.5. The van der Waals surface area contributed by atoms with Gasteiger partial charge in [0, 0.05) is 12.6 Å². The third-order valence-corrected chi connectivity index (χ3v) is 4.82. The second-order valence-corrected chi connectivity index (χ2v) is 8.91. The van der Waals surface area contributed by atoms with Crippen LogP contribution in [0, 0.1) is 5.41 Å². The van der Waals surface area contributed by atoms with Gasteiger partial charge in [-0.3, -0.25) is 4.90 Å². The summed E-state index contributed by atoms with van der Waals surface area (Å²) in [4.78, 5) is 2.43. The average molecular weight is 396 g/mol. The molecule has 1 aromatic rings. The van der Waals surface area contributed by atoms with E-state index in [0.29, 0.717) is 12.6 Å². The van der Waals surface area contributed by atoms with Gasteiger partial charge in [0.25, 0.3) is 0 Å². The van der Waals surface area contributed by atoms with E-state index in [0.717, 1.165) is 31.6 Å². The zero-order valence-corrected chi connectivity index (χ0v) is 18.5. The Balaban J connectivity index is 0.000000627. The van der Waals surface area contributed by atoms with Crippen LogP contribution >= 0.6 is 0 Å². The minimum Gasteiger partial charge on any atom is -0.497 e. The maximum absolute atomic E-state index is 9.19. The summed E-state index contributed by atoms with van der Waals surface area (Å²) in [5.41, 5.74) is 1.47. The lowest BCUT2D eigenvalue weighted by Crippen LogP contribution is -2.37. The second kappa shape index (κ2) is 13.2. The molecule has 0 aliphatic carbocycles. The molecule has 4 heteroatoms. The van der Waals surface area contributed by atoms with Gasteiger partial charge in [0.1, 0.15) is 12.0 Å². The van der Waals surface area contributed by atoms with E-state index in [1.807, 2.05) is 19.1 Å². The standard InChI is InChI=1S/C15H23NO2.C8H18O.CH4/c1-12(2)16-10-4-5-15(16)18-11-13-6-8-14(17-3)9-7-13;1-5-7(9)6-8(2,3)4;/h6-9,12,15H,4-5,10-11H2,1-3H3;7,9H,5-6H2,1-4H3;1H4/t15-;7-;/m00./s1. The number of rotatable bonds is 7. The molecule has 0 spiro atoms. The van der Waals surface area contributed by atoms with Crippen LogP contribution in [-0.4, -0.2) is 42.0 Å². The van der Waals surface area contributed by atoms with Gasteiger partial charge in [-0.05, 0) is 62.6 Å². The van der Waals surface area contributed by atoms with Crippen molar-refractivity contribution in [2.24, 2.45) is 5.41 Å². The number of hydrogen-bond acceptors (Lipinski definition) is 4. The van der Waals surface area contributed by atoms with Gasteiger partial charge in [-0.1, -0.05) is 47.3 Å². The molecule has 28 heavy (non-hydrogen) atoms. The van der Waals surface area contributed by atoms with E-state index in [1.54, 1.807) is 7.11 Å². The van der Waals surface area contributed by atoms with Crippen molar-refractivity contribution in [3.8, 4) is 5.75 Å². The highest BCUT2D eigenvalue weighted by molar-refractivity contribution is 5.26. The molecule has 0 unspecified atom stereocenters. The van der Waals surface area contributed by atoms with Crippen molar-refractivity contribution >= 4 is 0 Å². The van der Waals surface area contributed by atoms with Crippen molar-refractivity contribution in [3.05, 3.63) is 29.8 Å². The molecule has 1 fully saturated rings. The van der Waals surface area contributed by atoms with Gasteiger partial charge < -0.3 is 14.6 Å². The van der Waals surface area contributed by atoms with Crippen LogP contribution in [0.25, 0.3) is 0 Å². The minimum absolute atomic E-state index is 0. The Morgan fingerprint density at radius 3 is 2.21 bits per heavy atom. The van der Waals surface area contributed by atoms with Crippen LogP contribution in [0.1, 0.15) is 80.2 Å². The van der Waals surface area contributed by atoms with E-state index in [1.165, 1.54) is 12.0 Å². The van der Waals surface area contributed by atoms with E-state index in [9.17, 15) is 5.11 Å². The van der Waals surface area contributed by atoms with Crippen LogP contribution in [0.15, 0.2) is 24.3 Å². The SMILES string of the molecule is C.CC[C@H](O)CC(C)(C)C.COc1ccc(CO[C@H]2CCCN2C(C)C)cc1. The molecular weight excluding hydrogens is 350 g/mol. The molecule has 1 saturated heterocycles. The Bertz CT molecular complexity index is 508. The Hall–Kier alpha value is -1.10. The molecule has 2 atom stereocenters. The van der Waals surface area contributed by atoms with Crippen LogP contribution in [-0.2, 0) is 11.3 Å². The summed E-state index contributed by atoms with van der Waals surface area (Å²) in [6.45, 7) is 14.7. The Labute approximate surface area is 174 Å². The van der Waals surface area contributed by atoms with Gasteiger partial charge in [-0.15, -0.1) is 0 Å². The van der Waals surface area contributed by atoms with Gasteiger partial charge in [0.05, 0.1) is 19.8 Å².